The molecule has 0 amide bonds. The van der Waals surface area contributed by atoms with E-state index >= 15 is 0 Å². The van der Waals surface area contributed by atoms with Gasteiger partial charge in [-0.15, -0.1) is 0 Å². The van der Waals surface area contributed by atoms with E-state index in [-0.39, 0.29) is 11.6 Å². The van der Waals surface area contributed by atoms with Crippen molar-refractivity contribution in [2.24, 2.45) is 0 Å². The number of rotatable bonds is 16. The third-order valence-corrected chi connectivity index (χ3v) is 5.76. The van der Waals surface area contributed by atoms with Gasteiger partial charge >= 0.3 is 11.6 Å². The Bertz CT molecular complexity index is 894. The second-order valence-electron chi connectivity index (χ2n) is 8.72. The molecule has 176 valence electrons. The van der Waals surface area contributed by atoms with E-state index in [1.165, 1.54) is 57.8 Å². The van der Waals surface area contributed by atoms with Crippen molar-refractivity contribution in [2.45, 2.75) is 104 Å². The third kappa shape index (κ3) is 10.3. The molecule has 0 unspecified atom stereocenters. The number of ether oxygens (including phenoxy) is 1. The van der Waals surface area contributed by atoms with Crippen molar-refractivity contribution in [1.29, 1.82) is 0 Å². The summed E-state index contributed by atoms with van der Waals surface area (Å²) in [4.78, 5) is 23.7. The Labute approximate surface area is 193 Å². The van der Waals surface area contributed by atoms with E-state index in [0.717, 1.165) is 31.1 Å². The van der Waals surface area contributed by atoms with Gasteiger partial charge in [-0.2, -0.15) is 0 Å². The van der Waals surface area contributed by atoms with Crippen LogP contribution in [0.1, 0.15) is 102 Å². The van der Waals surface area contributed by atoms with Crippen LogP contribution in [0.5, 0.6) is 5.75 Å². The fourth-order valence-electron chi connectivity index (χ4n) is 3.78. The molecule has 1 aromatic carbocycles. The van der Waals surface area contributed by atoms with Gasteiger partial charge in [-0.25, -0.2) is 4.79 Å². The summed E-state index contributed by atoms with van der Waals surface area (Å²) in [6, 6.07) is 6.92. The Balaban J connectivity index is 1.49. The summed E-state index contributed by atoms with van der Waals surface area (Å²) in [6.07, 6.45) is 21.1. The number of carbonyl (C=O) groups is 1. The van der Waals surface area contributed by atoms with E-state index in [9.17, 15) is 9.59 Å². The van der Waals surface area contributed by atoms with Crippen LogP contribution < -0.4 is 10.4 Å². The molecule has 0 fully saturated rings. The molecule has 4 nitrogen and oxygen atoms in total. The normalized spacial score (nSPS) is 11.4. The number of unbranched alkanes of at least 4 members (excludes halogenated alkanes) is 11. The van der Waals surface area contributed by atoms with Crippen molar-refractivity contribution in [3.8, 4) is 5.75 Å². The third-order valence-electron chi connectivity index (χ3n) is 5.76. The van der Waals surface area contributed by atoms with Crippen LogP contribution in [0.15, 0.2) is 45.6 Å². The molecule has 0 saturated heterocycles. The van der Waals surface area contributed by atoms with E-state index in [2.05, 4.69) is 19.1 Å². The first kappa shape index (κ1) is 25.9. The predicted molar refractivity (Wildman–Crippen MR) is 132 cm³/mol. The molecule has 2 aromatic rings. The smallest absolute Gasteiger partial charge is 0.339 e. The Kier molecular flexibility index (Phi) is 12.5. The summed E-state index contributed by atoms with van der Waals surface area (Å²) in [5.41, 5.74) is 0.632. The number of esters is 1. The first-order valence-electron chi connectivity index (χ1n) is 12.5. The monoisotopic (exact) mass is 440 g/mol. The Morgan fingerprint density at radius 1 is 0.875 bits per heavy atom. The van der Waals surface area contributed by atoms with Gasteiger partial charge in [0.15, 0.2) is 0 Å². The van der Waals surface area contributed by atoms with Crippen molar-refractivity contribution < 1.29 is 13.9 Å². The van der Waals surface area contributed by atoms with Crippen molar-refractivity contribution in [3.05, 3.63) is 52.4 Å². The highest BCUT2D eigenvalue weighted by atomic mass is 16.5. The van der Waals surface area contributed by atoms with Gasteiger partial charge in [-0.1, -0.05) is 70.4 Å². The molecular formula is C28H40O4. The average molecular weight is 441 g/mol. The van der Waals surface area contributed by atoms with Crippen LogP contribution in [-0.2, 0) is 4.79 Å². The molecule has 0 radical (unpaired) electrons. The van der Waals surface area contributed by atoms with Crippen LogP contribution in [0.25, 0.3) is 11.0 Å². The molecule has 2 rings (SSSR count). The van der Waals surface area contributed by atoms with E-state index in [4.69, 9.17) is 9.15 Å². The summed E-state index contributed by atoms with van der Waals surface area (Å²) in [7, 11) is 0. The molecule has 4 heteroatoms. The second-order valence-corrected chi connectivity index (χ2v) is 8.72. The number of hydrogen-bond acceptors (Lipinski definition) is 4. The molecule has 0 spiro atoms. The molecule has 0 N–H and O–H groups in total. The maximum Gasteiger partial charge on any atom is 0.339 e. The van der Waals surface area contributed by atoms with Crippen molar-refractivity contribution >= 4 is 16.9 Å². The van der Waals surface area contributed by atoms with Crippen molar-refractivity contribution in [3.63, 3.8) is 0 Å². The highest BCUT2D eigenvalue weighted by molar-refractivity contribution is 5.80. The first-order valence-corrected chi connectivity index (χ1v) is 12.5. The zero-order chi connectivity index (χ0) is 23.0. The van der Waals surface area contributed by atoms with Gasteiger partial charge in [-0.05, 0) is 57.2 Å². The topological polar surface area (TPSA) is 56.5 Å². The number of allylic oxidation sites excluding steroid dienone is 2. The fraction of sp³-hybridized carbons (Fsp3) is 0.571. The number of aryl methyl sites for hydroxylation is 1. The molecule has 0 aliphatic rings. The van der Waals surface area contributed by atoms with E-state index < -0.39 is 0 Å². The summed E-state index contributed by atoms with van der Waals surface area (Å²) in [6.45, 7) is 3.97. The molecule has 0 aliphatic carbocycles. The first-order chi connectivity index (χ1) is 15.6. The van der Waals surface area contributed by atoms with Crippen LogP contribution >= 0.6 is 0 Å². The molecule has 1 aromatic heterocycles. The highest BCUT2D eigenvalue weighted by Crippen LogP contribution is 2.21. The van der Waals surface area contributed by atoms with Crippen molar-refractivity contribution in [2.75, 3.05) is 0 Å². The van der Waals surface area contributed by atoms with Crippen molar-refractivity contribution in [1.82, 2.24) is 0 Å². The molecular weight excluding hydrogens is 400 g/mol. The standard InChI is InChI=1S/C28H40O4/c1-3-4-5-6-7-8-9-10-11-12-13-14-15-16-17-18-27(29)31-25-20-19-24-21-23(2)28(30)32-26(24)22-25/h10-11,19-22H,3-9,12-18H2,1-2H3. The van der Waals surface area contributed by atoms with Gasteiger partial charge in [-0.3, -0.25) is 4.79 Å². The maximum absolute atomic E-state index is 12.1. The van der Waals surface area contributed by atoms with Gasteiger partial charge in [0, 0.05) is 23.4 Å². The minimum absolute atomic E-state index is 0.239. The van der Waals surface area contributed by atoms with Crippen LogP contribution in [0.4, 0.5) is 0 Å². The van der Waals surface area contributed by atoms with Crippen LogP contribution in [0.3, 0.4) is 0 Å². The minimum Gasteiger partial charge on any atom is -0.426 e. The van der Waals surface area contributed by atoms with Gasteiger partial charge in [0.2, 0.25) is 0 Å². The predicted octanol–water partition coefficient (Wildman–Crippen LogP) is 8.04. The highest BCUT2D eigenvalue weighted by Gasteiger charge is 2.08. The molecule has 0 bridgehead atoms. The number of hydrogen-bond donors (Lipinski definition) is 0. The van der Waals surface area contributed by atoms with Crippen LogP contribution in [0.2, 0.25) is 0 Å². The van der Waals surface area contributed by atoms with Gasteiger partial charge in [0.25, 0.3) is 0 Å². The number of benzene rings is 1. The second kappa shape index (κ2) is 15.4. The van der Waals surface area contributed by atoms with Gasteiger partial charge < -0.3 is 9.15 Å². The number of carbonyl (C=O) groups excluding carboxylic acids is 1. The van der Waals surface area contributed by atoms with Crippen LogP contribution in [-0.4, -0.2) is 5.97 Å². The fourth-order valence-corrected chi connectivity index (χ4v) is 3.78. The lowest BCUT2D eigenvalue weighted by molar-refractivity contribution is -0.134. The molecule has 32 heavy (non-hydrogen) atoms. The summed E-state index contributed by atoms with van der Waals surface area (Å²) in [5.74, 6) is 0.179. The van der Waals surface area contributed by atoms with Gasteiger partial charge in [0.1, 0.15) is 11.3 Å². The quantitative estimate of drug-likeness (QED) is 0.0871. The van der Waals surface area contributed by atoms with Crippen LogP contribution in [0, 0.1) is 6.92 Å². The lowest BCUT2D eigenvalue weighted by Crippen LogP contribution is -2.08. The van der Waals surface area contributed by atoms with E-state index in [1.54, 1.807) is 31.2 Å². The summed E-state index contributed by atoms with van der Waals surface area (Å²) in [5, 5.41) is 0.819. The Hall–Kier alpha value is -2.36. The largest absolute Gasteiger partial charge is 0.426 e. The zero-order valence-corrected chi connectivity index (χ0v) is 20.0. The van der Waals surface area contributed by atoms with Gasteiger partial charge in [0.05, 0.1) is 0 Å². The Morgan fingerprint density at radius 2 is 1.50 bits per heavy atom. The number of fused-ring (bicyclic) bond motifs is 1. The molecule has 0 saturated carbocycles. The zero-order valence-electron chi connectivity index (χ0n) is 20.0. The van der Waals surface area contributed by atoms with E-state index in [1.807, 2.05) is 0 Å². The average Bonchev–Trinajstić information content (AvgIpc) is 2.77. The molecule has 0 atom stereocenters. The summed E-state index contributed by atoms with van der Waals surface area (Å²) >= 11 is 0. The maximum atomic E-state index is 12.1. The lowest BCUT2D eigenvalue weighted by atomic mass is 10.1. The molecule has 1 heterocycles. The summed E-state index contributed by atoms with van der Waals surface area (Å²) < 4.78 is 10.7. The lowest BCUT2D eigenvalue weighted by Gasteiger charge is -2.06. The Morgan fingerprint density at radius 3 is 2.19 bits per heavy atom. The molecule has 0 aliphatic heterocycles. The van der Waals surface area contributed by atoms with E-state index in [0.29, 0.717) is 23.3 Å². The SMILES string of the molecule is CCCCCCCCC=CCCCCCCCC(=O)Oc1ccc2cc(C)c(=O)oc2c1. The minimum atomic E-state index is -0.366.